The minimum absolute atomic E-state index is 0.228. The van der Waals surface area contributed by atoms with E-state index in [1.165, 1.54) is 49.7 Å². The SMILES string of the molecule is CC1(Oc2ccc(C34CC5CC(C3)CC(c3ccc(OC6(C)C=C(N)C=CN6)cc3)(C5)C4)cc2)C=C(N)C=CN1. The third-order valence-corrected chi connectivity index (χ3v) is 9.83. The van der Waals surface area contributed by atoms with Crippen molar-refractivity contribution in [3.63, 3.8) is 0 Å². The van der Waals surface area contributed by atoms with Crippen molar-refractivity contribution in [2.45, 2.75) is 74.7 Å². The van der Waals surface area contributed by atoms with E-state index in [1.54, 1.807) is 0 Å². The topological polar surface area (TPSA) is 94.6 Å². The molecule has 2 aliphatic heterocycles. The smallest absolute Gasteiger partial charge is 0.199 e. The molecule has 0 aromatic heterocycles. The summed E-state index contributed by atoms with van der Waals surface area (Å²) in [6, 6.07) is 17.8. The lowest BCUT2D eigenvalue weighted by molar-refractivity contribution is -0.0281. The van der Waals surface area contributed by atoms with Crippen molar-refractivity contribution in [1.82, 2.24) is 10.6 Å². The summed E-state index contributed by atoms with van der Waals surface area (Å²) in [4.78, 5) is 0. The van der Waals surface area contributed by atoms with E-state index in [9.17, 15) is 0 Å². The van der Waals surface area contributed by atoms with Crippen molar-refractivity contribution in [2.75, 3.05) is 0 Å². The number of ether oxygens (including phenoxy) is 2. The molecule has 6 heteroatoms. The van der Waals surface area contributed by atoms with Crippen molar-refractivity contribution in [3.05, 3.63) is 108 Å². The van der Waals surface area contributed by atoms with E-state index in [0.29, 0.717) is 11.4 Å². The summed E-state index contributed by atoms with van der Waals surface area (Å²) in [5.41, 5.74) is 15.5. The van der Waals surface area contributed by atoms with Gasteiger partial charge in [-0.1, -0.05) is 24.3 Å². The Labute approximate surface area is 237 Å². The minimum Gasteiger partial charge on any atom is -0.465 e. The molecule has 2 heterocycles. The summed E-state index contributed by atoms with van der Waals surface area (Å²) in [5.74, 6) is 3.26. The Morgan fingerprint density at radius 2 is 1.05 bits per heavy atom. The van der Waals surface area contributed by atoms with Gasteiger partial charge in [0.1, 0.15) is 11.5 Å². The van der Waals surface area contributed by atoms with E-state index in [4.69, 9.17) is 20.9 Å². The van der Waals surface area contributed by atoms with Gasteiger partial charge in [0.15, 0.2) is 11.4 Å². The molecule has 4 bridgehead atoms. The van der Waals surface area contributed by atoms with Gasteiger partial charge in [0, 0.05) is 35.9 Å². The molecule has 8 rings (SSSR count). The molecular formula is C34H40N4O2. The van der Waals surface area contributed by atoms with Crippen LogP contribution >= 0.6 is 0 Å². The molecule has 0 amide bonds. The molecule has 2 aromatic carbocycles. The lowest BCUT2D eigenvalue weighted by Gasteiger charge is -2.62. The van der Waals surface area contributed by atoms with Gasteiger partial charge in [-0.25, -0.2) is 0 Å². The van der Waals surface area contributed by atoms with Crippen molar-refractivity contribution >= 4 is 0 Å². The highest BCUT2D eigenvalue weighted by molar-refractivity contribution is 5.41. The van der Waals surface area contributed by atoms with Crippen LogP contribution in [0.4, 0.5) is 0 Å². The van der Waals surface area contributed by atoms with Crippen LogP contribution in [0.15, 0.2) is 96.6 Å². The van der Waals surface area contributed by atoms with E-state index in [1.807, 2.05) is 50.6 Å². The van der Waals surface area contributed by atoms with Crippen LogP contribution in [0, 0.1) is 11.8 Å². The average Bonchev–Trinajstić information content (AvgIpc) is 2.88. The van der Waals surface area contributed by atoms with Crippen LogP contribution in [-0.2, 0) is 10.8 Å². The molecule has 2 aromatic rings. The quantitative estimate of drug-likeness (QED) is 0.385. The largest absolute Gasteiger partial charge is 0.465 e. The Hall–Kier alpha value is -3.80. The zero-order valence-electron chi connectivity index (χ0n) is 23.5. The monoisotopic (exact) mass is 536 g/mol. The highest BCUT2D eigenvalue weighted by Crippen LogP contribution is 2.66. The lowest BCUT2D eigenvalue weighted by atomic mass is 9.42. The van der Waals surface area contributed by atoms with Crippen LogP contribution in [0.25, 0.3) is 0 Å². The molecule has 208 valence electrons. The highest BCUT2D eigenvalue weighted by Gasteiger charge is 2.58. The second-order valence-corrected chi connectivity index (χ2v) is 13.2. The predicted molar refractivity (Wildman–Crippen MR) is 158 cm³/mol. The number of nitrogens with one attached hydrogen (secondary N) is 2. The van der Waals surface area contributed by atoms with Gasteiger partial charge in [-0.3, -0.25) is 0 Å². The van der Waals surface area contributed by atoms with Crippen molar-refractivity contribution in [1.29, 1.82) is 0 Å². The first-order valence-electron chi connectivity index (χ1n) is 14.6. The summed E-state index contributed by atoms with van der Waals surface area (Å²) >= 11 is 0. The van der Waals surface area contributed by atoms with Crippen LogP contribution < -0.4 is 31.6 Å². The van der Waals surface area contributed by atoms with Crippen molar-refractivity contribution in [2.24, 2.45) is 23.3 Å². The van der Waals surface area contributed by atoms with Gasteiger partial charge in [0.05, 0.1) is 0 Å². The van der Waals surface area contributed by atoms with Gasteiger partial charge < -0.3 is 31.6 Å². The van der Waals surface area contributed by atoms with E-state index in [-0.39, 0.29) is 10.8 Å². The molecule has 40 heavy (non-hydrogen) atoms. The van der Waals surface area contributed by atoms with E-state index >= 15 is 0 Å². The van der Waals surface area contributed by atoms with Gasteiger partial charge in [0.2, 0.25) is 0 Å². The summed E-state index contributed by atoms with van der Waals surface area (Å²) in [5, 5.41) is 6.54. The number of allylic oxidation sites excluding steroid dienone is 2. The Morgan fingerprint density at radius 3 is 1.43 bits per heavy atom. The first-order valence-corrected chi connectivity index (χ1v) is 14.6. The average molecular weight is 537 g/mol. The first kappa shape index (κ1) is 25.2. The fourth-order valence-corrected chi connectivity index (χ4v) is 8.72. The fourth-order valence-electron chi connectivity index (χ4n) is 8.72. The Bertz CT molecular complexity index is 1300. The van der Waals surface area contributed by atoms with Crippen LogP contribution in [0.2, 0.25) is 0 Å². The Balaban J connectivity index is 1.12. The molecule has 4 saturated carbocycles. The number of hydrogen-bond donors (Lipinski definition) is 4. The lowest BCUT2D eigenvalue weighted by Crippen LogP contribution is -2.55. The molecule has 2 atom stereocenters. The summed E-state index contributed by atoms with van der Waals surface area (Å²) in [6.07, 6.45) is 19.0. The second-order valence-electron chi connectivity index (χ2n) is 13.2. The Morgan fingerprint density at radius 1 is 0.650 bits per heavy atom. The fraction of sp³-hybridized carbons (Fsp3) is 0.412. The third-order valence-electron chi connectivity index (χ3n) is 9.83. The zero-order chi connectivity index (χ0) is 27.6. The normalized spacial score (nSPS) is 37.2. The summed E-state index contributed by atoms with van der Waals surface area (Å²) in [6.45, 7) is 3.98. The van der Waals surface area contributed by atoms with Crippen LogP contribution in [0.3, 0.4) is 0 Å². The van der Waals surface area contributed by atoms with Gasteiger partial charge in [-0.2, -0.15) is 0 Å². The maximum absolute atomic E-state index is 6.31. The molecular weight excluding hydrogens is 496 g/mol. The van der Waals surface area contributed by atoms with Crippen molar-refractivity contribution < 1.29 is 9.47 Å². The van der Waals surface area contributed by atoms with Crippen molar-refractivity contribution in [3.8, 4) is 11.5 Å². The Kier molecular flexibility index (Phi) is 5.57. The standard InChI is InChI=1S/C34H40N4O2/c1-31(20-27(35)11-13-37-31)39-29-7-3-25(4-8-29)33-16-23-15-24(17-33)19-34(18-23,22-33)26-5-9-30(10-6-26)40-32(2)21-28(36)12-14-38-32/h3-14,20-21,23-24,37-38H,15-19,22,35-36H2,1-2H3. The van der Waals surface area contributed by atoms with Crippen LogP contribution in [0.5, 0.6) is 11.5 Å². The molecule has 6 N–H and O–H groups in total. The molecule has 4 aliphatic carbocycles. The number of rotatable bonds is 6. The molecule has 4 fully saturated rings. The molecule has 6 nitrogen and oxygen atoms in total. The number of benzene rings is 2. The van der Waals surface area contributed by atoms with E-state index in [2.05, 4.69) is 59.2 Å². The molecule has 6 aliphatic rings. The van der Waals surface area contributed by atoms with E-state index < -0.39 is 11.4 Å². The number of hydrogen-bond acceptors (Lipinski definition) is 6. The number of dihydropyridines is 2. The van der Waals surface area contributed by atoms with Gasteiger partial charge in [-0.05, 0) is 123 Å². The zero-order valence-corrected chi connectivity index (χ0v) is 23.5. The van der Waals surface area contributed by atoms with E-state index in [0.717, 1.165) is 23.3 Å². The van der Waals surface area contributed by atoms with Crippen LogP contribution in [-0.4, -0.2) is 11.4 Å². The molecule has 0 spiro atoms. The molecule has 2 unspecified atom stereocenters. The second kappa shape index (κ2) is 8.85. The third kappa shape index (κ3) is 4.43. The molecule has 0 radical (unpaired) electrons. The van der Waals surface area contributed by atoms with Gasteiger partial charge in [0.25, 0.3) is 0 Å². The van der Waals surface area contributed by atoms with Crippen LogP contribution in [0.1, 0.15) is 63.5 Å². The maximum Gasteiger partial charge on any atom is 0.199 e. The minimum atomic E-state index is -0.648. The summed E-state index contributed by atoms with van der Waals surface area (Å²) < 4.78 is 12.6. The highest BCUT2D eigenvalue weighted by atomic mass is 16.5. The first-order chi connectivity index (χ1) is 19.1. The maximum atomic E-state index is 6.31. The van der Waals surface area contributed by atoms with Gasteiger partial charge >= 0.3 is 0 Å². The summed E-state index contributed by atoms with van der Waals surface area (Å²) in [7, 11) is 0. The van der Waals surface area contributed by atoms with Gasteiger partial charge in [-0.15, -0.1) is 0 Å². The predicted octanol–water partition coefficient (Wildman–Crippen LogP) is 5.59. The number of nitrogens with two attached hydrogens (primary N) is 2. The molecule has 0 saturated heterocycles.